The fourth-order valence-electron chi connectivity index (χ4n) is 3.33. The lowest BCUT2D eigenvalue weighted by atomic mass is 10.2. The molecule has 1 aromatic heterocycles. The number of imide groups is 1. The molecule has 3 amide bonds. The Hall–Kier alpha value is -2.70. The van der Waals surface area contributed by atoms with Gasteiger partial charge in [-0.25, -0.2) is 4.79 Å². The van der Waals surface area contributed by atoms with E-state index in [9.17, 15) is 9.59 Å². The van der Waals surface area contributed by atoms with Crippen LogP contribution in [0.1, 0.15) is 12.1 Å². The third-order valence-corrected chi connectivity index (χ3v) is 4.89. The fraction of sp³-hybridized carbons (Fsp3) is 0.450. The lowest BCUT2D eigenvalue weighted by molar-refractivity contribution is -0.124. The second kappa shape index (κ2) is 11.6. The van der Waals surface area contributed by atoms with E-state index in [2.05, 4.69) is 32.0 Å². The molecular formula is C20H29IN6O4. The van der Waals surface area contributed by atoms with E-state index in [4.69, 9.17) is 9.47 Å². The number of halogens is 1. The minimum atomic E-state index is -0.350. The summed E-state index contributed by atoms with van der Waals surface area (Å²) in [6.07, 6.45) is 1.74. The van der Waals surface area contributed by atoms with Gasteiger partial charge in [0, 0.05) is 49.9 Å². The molecular weight excluding hydrogens is 515 g/mol. The van der Waals surface area contributed by atoms with Crippen molar-refractivity contribution in [2.45, 2.75) is 12.8 Å². The van der Waals surface area contributed by atoms with Gasteiger partial charge < -0.3 is 30.4 Å². The van der Waals surface area contributed by atoms with Crippen LogP contribution in [0.15, 0.2) is 23.2 Å². The number of carbonyl (C=O) groups excluding carboxylic acids is 2. The van der Waals surface area contributed by atoms with Crippen molar-refractivity contribution in [3.8, 4) is 11.5 Å². The first-order valence-electron chi connectivity index (χ1n) is 9.82. The van der Waals surface area contributed by atoms with Crippen LogP contribution in [0.4, 0.5) is 4.79 Å². The Labute approximate surface area is 198 Å². The van der Waals surface area contributed by atoms with Crippen LogP contribution in [0.2, 0.25) is 0 Å². The maximum absolute atomic E-state index is 11.6. The minimum absolute atomic E-state index is 0. The molecule has 31 heavy (non-hydrogen) atoms. The summed E-state index contributed by atoms with van der Waals surface area (Å²) in [4.78, 5) is 31.9. The highest BCUT2D eigenvalue weighted by Gasteiger charge is 2.27. The van der Waals surface area contributed by atoms with Crippen LogP contribution in [-0.2, 0) is 11.2 Å². The zero-order chi connectivity index (χ0) is 21.5. The molecule has 0 atom stereocenters. The monoisotopic (exact) mass is 544 g/mol. The van der Waals surface area contributed by atoms with Crippen LogP contribution in [0.3, 0.4) is 0 Å². The van der Waals surface area contributed by atoms with Crippen molar-refractivity contribution in [1.29, 1.82) is 0 Å². The zero-order valence-corrected chi connectivity index (χ0v) is 20.2. The first-order valence-corrected chi connectivity index (χ1v) is 9.82. The van der Waals surface area contributed by atoms with Gasteiger partial charge in [-0.1, -0.05) is 0 Å². The molecule has 0 unspecified atom stereocenters. The number of fused-ring (bicyclic) bond motifs is 1. The molecule has 0 saturated carbocycles. The summed E-state index contributed by atoms with van der Waals surface area (Å²) in [6.45, 7) is 1.52. The second-order valence-corrected chi connectivity index (χ2v) is 6.82. The summed E-state index contributed by atoms with van der Waals surface area (Å²) in [6, 6.07) is 5.57. The molecule has 2 heterocycles. The predicted molar refractivity (Wildman–Crippen MR) is 130 cm³/mol. The number of aromatic amines is 1. The average molecular weight is 544 g/mol. The second-order valence-electron chi connectivity index (χ2n) is 6.82. The third kappa shape index (κ3) is 6.15. The Morgan fingerprint density at radius 3 is 2.58 bits per heavy atom. The summed E-state index contributed by atoms with van der Waals surface area (Å²) >= 11 is 0. The van der Waals surface area contributed by atoms with E-state index in [-0.39, 0.29) is 42.5 Å². The molecule has 1 saturated heterocycles. The number of hydrogen-bond donors (Lipinski definition) is 4. The van der Waals surface area contributed by atoms with Crippen molar-refractivity contribution < 1.29 is 19.1 Å². The number of H-pyrrole nitrogens is 1. The molecule has 170 valence electrons. The van der Waals surface area contributed by atoms with E-state index in [1.54, 1.807) is 21.3 Å². The van der Waals surface area contributed by atoms with Gasteiger partial charge in [-0.15, -0.1) is 24.0 Å². The van der Waals surface area contributed by atoms with E-state index in [0.29, 0.717) is 19.0 Å². The molecule has 0 spiro atoms. The Morgan fingerprint density at radius 1 is 1.16 bits per heavy atom. The largest absolute Gasteiger partial charge is 0.497 e. The van der Waals surface area contributed by atoms with Crippen molar-refractivity contribution in [2.75, 3.05) is 47.4 Å². The summed E-state index contributed by atoms with van der Waals surface area (Å²) < 4.78 is 10.8. The SMILES string of the molecule is CN=C(NCCCc1cc2c(OC)cc(OC)cc2[nH]1)NCCN1C(=O)CNC1=O.I. The van der Waals surface area contributed by atoms with E-state index in [1.165, 1.54) is 4.90 Å². The summed E-state index contributed by atoms with van der Waals surface area (Å²) in [5, 5.41) is 9.88. The molecule has 3 rings (SSSR count). The van der Waals surface area contributed by atoms with E-state index < -0.39 is 0 Å². The lowest BCUT2D eigenvalue weighted by Gasteiger charge is -2.15. The van der Waals surface area contributed by atoms with Crippen LogP contribution < -0.4 is 25.4 Å². The number of nitrogens with one attached hydrogen (secondary N) is 4. The van der Waals surface area contributed by atoms with Gasteiger partial charge in [-0.3, -0.25) is 14.7 Å². The number of urea groups is 1. The van der Waals surface area contributed by atoms with Gasteiger partial charge in [-0.05, 0) is 18.9 Å². The normalized spacial score (nSPS) is 13.8. The number of nitrogens with zero attached hydrogens (tertiary/aromatic N) is 2. The van der Waals surface area contributed by atoms with Crippen LogP contribution >= 0.6 is 24.0 Å². The Kier molecular flexibility index (Phi) is 9.21. The topological polar surface area (TPSA) is 120 Å². The predicted octanol–water partition coefficient (Wildman–Crippen LogP) is 1.45. The average Bonchev–Trinajstić information content (AvgIpc) is 3.31. The number of benzene rings is 1. The Balaban J connectivity index is 0.00000341. The molecule has 11 heteroatoms. The molecule has 1 aliphatic heterocycles. The minimum Gasteiger partial charge on any atom is -0.497 e. The van der Waals surface area contributed by atoms with Gasteiger partial charge in [0.05, 0.1) is 26.3 Å². The molecule has 10 nitrogen and oxygen atoms in total. The summed E-state index contributed by atoms with van der Waals surface area (Å²) in [5.74, 6) is 1.94. The number of rotatable bonds is 9. The number of aromatic nitrogens is 1. The number of aryl methyl sites for hydroxylation is 1. The van der Waals surface area contributed by atoms with Gasteiger partial charge in [0.1, 0.15) is 11.5 Å². The smallest absolute Gasteiger partial charge is 0.324 e. The third-order valence-electron chi connectivity index (χ3n) is 4.89. The number of methoxy groups -OCH3 is 2. The summed E-state index contributed by atoms with van der Waals surface area (Å²) in [5.41, 5.74) is 2.09. The van der Waals surface area contributed by atoms with Crippen molar-refractivity contribution in [3.05, 3.63) is 23.9 Å². The molecule has 0 radical (unpaired) electrons. The van der Waals surface area contributed by atoms with Gasteiger partial charge in [0.2, 0.25) is 5.91 Å². The first-order chi connectivity index (χ1) is 14.5. The standard InChI is InChI=1S/C20H28N6O4.HI/c1-21-19(23-7-8-26-18(27)12-24-20(26)28)22-6-4-5-13-9-15-16(25-13)10-14(29-2)11-17(15)30-3;/h9-11,25H,4-8,12H2,1-3H3,(H,24,28)(H2,21,22,23);1H. The lowest BCUT2D eigenvalue weighted by Crippen LogP contribution is -2.43. The van der Waals surface area contributed by atoms with Crippen LogP contribution in [-0.4, -0.2) is 75.2 Å². The highest BCUT2D eigenvalue weighted by atomic mass is 127. The zero-order valence-electron chi connectivity index (χ0n) is 17.9. The fourth-order valence-corrected chi connectivity index (χ4v) is 3.33. The van der Waals surface area contributed by atoms with Crippen LogP contribution in [0, 0.1) is 0 Å². The maximum atomic E-state index is 11.6. The number of guanidine groups is 1. The van der Waals surface area contributed by atoms with Gasteiger partial charge >= 0.3 is 6.03 Å². The summed E-state index contributed by atoms with van der Waals surface area (Å²) in [7, 11) is 4.96. The number of hydrogen-bond acceptors (Lipinski definition) is 5. The van der Waals surface area contributed by atoms with Gasteiger partial charge in [0.25, 0.3) is 0 Å². The van der Waals surface area contributed by atoms with Crippen LogP contribution in [0.25, 0.3) is 10.9 Å². The maximum Gasteiger partial charge on any atom is 0.324 e. The number of carbonyl (C=O) groups is 2. The van der Waals surface area contributed by atoms with Gasteiger partial charge in [0.15, 0.2) is 5.96 Å². The first kappa shape index (κ1) is 24.6. The van der Waals surface area contributed by atoms with Crippen molar-refractivity contribution in [1.82, 2.24) is 25.8 Å². The highest BCUT2D eigenvalue weighted by Crippen LogP contribution is 2.31. The molecule has 1 aliphatic rings. The van der Waals surface area contributed by atoms with E-state index in [0.717, 1.165) is 47.5 Å². The number of aliphatic imine (C=N–C) groups is 1. The van der Waals surface area contributed by atoms with Crippen molar-refractivity contribution >= 4 is 52.8 Å². The number of amides is 3. The molecule has 0 aliphatic carbocycles. The molecule has 4 N–H and O–H groups in total. The molecule has 2 aromatic rings. The Bertz CT molecular complexity index is 929. The highest BCUT2D eigenvalue weighted by molar-refractivity contribution is 14.0. The van der Waals surface area contributed by atoms with Crippen molar-refractivity contribution in [2.24, 2.45) is 4.99 Å². The van der Waals surface area contributed by atoms with Gasteiger partial charge in [-0.2, -0.15) is 0 Å². The molecule has 1 fully saturated rings. The quantitative estimate of drug-likeness (QED) is 0.125. The molecule has 0 bridgehead atoms. The van der Waals surface area contributed by atoms with E-state index in [1.807, 2.05) is 12.1 Å². The van der Waals surface area contributed by atoms with E-state index >= 15 is 0 Å². The Morgan fingerprint density at radius 2 is 1.94 bits per heavy atom. The van der Waals surface area contributed by atoms with Crippen LogP contribution in [0.5, 0.6) is 11.5 Å². The molecule has 1 aromatic carbocycles. The number of ether oxygens (including phenoxy) is 2. The van der Waals surface area contributed by atoms with Crippen molar-refractivity contribution in [3.63, 3.8) is 0 Å².